The number of aliphatic hydroxyl groups is 5. The van der Waals surface area contributed by atoms with Crippen LogP contribution < -0.4 is 0 Å². The minimum Gasteiger partial charge on any atom is -0.504 e. The summed E-state index contributed by atoms with van der Waals surface area (Å²) in [7, 11) is 0. The first kappa shape index (κ1) is 85.6. The molecule has 0 radical (unpaired) electrons. The second kappa shape index (κ2) is 39.4. The fourth-order valence-electron chi connectivity index (χ4n) is 10.6. The summed E-state index contributed by atoms with van der Waals surface area (Å²) < 4.78 is 35.0. The molecule has 9 atom stereocenters. The minimum atomic E-state index is -2.21. The van der Waals surface area contributed by atoms with Crippen molar-refractivity contribution in [3.8, 4) is 69.0 Å². The third kappa shape index (κ3) is 26.0. The van der Waals surface area contributed by atoms with Gasteiger partial charge >= 0.3 is 35.8 Å². The highest BCUT2D eigenvalue weighted by Crippen LogP contribution is 2.38. The average Bonchev–Trinajstić information content (AvgIpc) is 0.802. The van der Waals surface area contributed by atoms with Crippen molar-refractivity contribution in [2.24, 2.45) is 0 Å². The zero-order chi connectivity index (χ0) is 82.0. The molecule has 0 saturated heterocycles. The first-order valence-corrected chi connectivity index (χ1v) is 32.7. The van der Waals surface area contributed by atoms with Gasteiger partial charge in [0, 0.05) is 55.7 Å². The highest BCUT2D eigenvalue weighted by atomic mass is 17.2. The predicted octanol–water partition coefficient (Wildman–Crippen LogP) is 4.12. The lowest BCUT2D eigenvalue weighted by molar-refractivity contribution is -0.347. The largest absolute Gasteiger partial charge is 0.504 e. The van der Waals surface area contributed by atoms with E-state index in [4.69, 9.17) is 43.1 Å². The van der Waals surface area contributed by atoms with Gasteiger partial charge in [0.1, 0.15) is 36.6 Å². The van der Waals surface area contributed by atoms with Crippen molar-refractivity contribution in [1.82, 2.24) is 0 Å². The number of carbonyl (C=O) groups is 9. The number of ether oxygens (including phenoxy) is 7. The maximum Gasteiger partial charge on any atom is 0.365 e. The van der Waals surface area contributed by atoms with E-state index >= 15 is 0 Å². The Morgan fingerprint density at radius 2 is 0.571 bits per heavy atom. The lowest BCUT2D eigenvalue weighted by Crippen LogP contribution is -2.56. The first-order chi connectivity index (χ1) is 53.1. The first-order valence-electron chi connectivity index (χ1n) is 32.7. The van der Waals surface area contributed by atoms with Gasteiger partial charge < -0.3 is 120 Å². The Hall–Kier alpha value is -13.7. The minimum absolute atomic E-state index is 0.00520. The molecule has 9 rings (SSSR count). The predicted molar refractivity (Wildman–Crippen MR) is 375 cm³/mol. The van der Waals surface area contributed by atoms with E-state index in [1.165, 1.54) is 146 Å². The normalized spacial score (nSPS) is 22.8. The molecule has 9 unspecified atom stereocenters. The molecule has 0 aliphatic heterocycles. The molecule has 0 heterocycles. The zero-order valence-electron chi connectivity index (χ0n) is 57.9. The molecule has 3 saturated carbocycles. The highest BCUT2D eigenvalue weighted by molar-refractivity contribution is 5.90. The number of benzene rings is 6. The van der Waals surface area contributed by atoms with E-state index in [-0.39, 0.29) is 84.7 Å². The van der Waals surface area contributed by atoms with Gasteiger partial charge in [0.2, 0.25) is 17.4 Å². The summed E-state index contributed by atoms with van der Waals surface area (Å²) in [6.45, 7) is -0.0270. The van der Waals surface area contributed by atoms with Crippen LogP contribution in [-0.4, -0.2) is 208 Å². The Labute approximate surface area is 631 Å². The molecule has 17 N–H and O–H groups in total. The van der Waals surface area contributed by atoms with Crippen LogP contribution in [0.25, 0.3) is 36.5 Å². The lowest BCUT2D eigenvalue weighted by Gasteiger charge is -2.41. The Morgan fingerprint density at radius 1 is 0.312 bits per heavy atom. The molecule has 6 aromatic rings. The van der Waals surface area contributed by atoms with Crippen molar-refractivity contribution in [2.75, 3.05) is 0 Å². The van der Waals surface area contributed by atoms with Crippen LogP contribution in [-0.2, 0) is 95.9 Å². The molecule has 112 heavy (non-hydrogen) atoms. The third-order valence-electron chi connectivity index (χ3n) is 16.2. The Balaban J connectivity index is 0.000000233. The number of aromatic hydroxyl groups is 12. The van der Waals surface area contributed by atoms with E-state index in [1.54, 1.807) is 0 Å². The van der Waals surface area contributed by atoms with Crippen LogP contribution in [0.3, 0.4) is 0 Å². The molecule has 3 aliphatic carbocycles. The Kier molecular flexibility index (Phi) is 30.1. The molecule has 6 aromatic carbocycles. The second-order valence-corrected chi connectivity index (χ2v) is 24.5. The van der Waals surface area contributed by atoms with Gasteiger partial charge in [-0.15, -0.1) is 0 Å². The van der Waals surface area contributed by atoms with Gasteiger partial charge in [-0.2, -0.15) is 9.78 Å². The average molecular weight is 1570 g/mol. The zero-order valence-corrected chi connectivity index (χ0v) is 57.9. The van der Waals surface area contributed by atoms with E-state index in [9.17, 15) is 130 Å². The van der Waals surface area contributed by atoms with Crippen LogP contribution in [0.5, 0.6) is 69.0 Å². The smallest absolute Gasteiger partial charge is 0.365 e. The number of carbonyl (C=O) groups excluding carboxylic acids is 9. The van der Waals surface area contributed by atoms with Gasteiger partial charge in [-0.25, -0.2) is 28.8 Å². The molecule has 0 amide bonds. The van der Waals surface area contributed by atoms with Crippen molar-refractivity contribution in [3.63, 3.8) is 0 Å². The van der Waals surface area contributed by atoms with Gasteiger partial charge in [0.15, 0.2) is 75.1 Å². The van der Waals surface area contributed by atoms with Crippen molar-refractivity contribution < 1.29 is 183 Å². The van der Waals surface area contributed by atoms with E-state index in [0.29, 0.717) is 33.4 Å². The quantitative estimate of drug-likeness (QED) is 0.00531. The van der Waals surface area contributed by atoms with Crippen LogP contribution >= 0.6 is 0 Å². The third-order valence-corrected chi connectivity index (χ3v) is 16.2. The van der Waals surface area contributed by atoms with E-state index < -0.39 is 151 Å². The summed E-state index contributed by atoms with van der Waals surface area (Å²) in [5, 5.41) is 166. The molecule has 3 fully saturated rings. The molecule has 37 nitrogen and oxygen atoms in total. The van der Waals surface area contributed by atoms with Crippen molar-refractivity contribution in [1.29, 1.82) is 0 Å². The molecule has 0 aromatic heterocycles. The monoisotopic (exact) mass is 1560 g/mol. The number of esters is 4. The summed E-state index contributed by atoms with van der Waals surface area (Å²) in [6.07, 6.45) is -0.377. The Morgan fingerprint density at radius 3 is 0.884 bits per heavy atom. The number of phenolic OH excluding ortho intramolecular Hbond substituents is 12. The maximum absolute atomic E-state index is 12.4. The summed E-state index contributed by atoms with van der Waals surface area (Å²) in [5.74, 6) is -16.6. The molecule has 37 heteroatoms. The van der Waals surface area contributed by atoms with Crippen molar-refractivity contribution >= 4 is 91.7 Å². The van der Waals surface area contributed by atoms with Crippen LogP contribution in [0.1, 0.15) is 78.3 Å². The number of aliphatic hydroxyl groups excluding tert-OH is 2. The number of rotatable bonds is 26. The van der Waals surface area contributed by atoms with Crippen molar-refractivity contribution in [3.05, 3.63) is 179 Å². The standard InChI is InChI=1S/C25H24O13.2C25H24O12/c26-13-35-25(34)11-20(31)24(38-37-23(33)8-4-15-2-6-17(28)19(30)10-15)21(12-25)36-22(32)7-3-14-1-5-16(27)18(29)9-14;26-13-35-25(34)11-20(36-22(31)7-3-14-1-5-16(27)18(29)9-14)24(33)21(12-25)37-23(32)8-4-15-2-6-17(28)19(30)10-15;26-14-34-25(33)10-9-21(35-23(31)7-3-15-1-5-17(27)19(29)11-15)22(13-25)36-37-24(32)8-4-16-2-6-18(28)20(30)12-16/h1-10,13,20-21,24,27-31,34H,11-12H2;1-10,13,20-21,24,27-30,33-34H,11-12H2;1-8,11-12,14,21-22,27-30,33H,9-10,13H2/b3*7-3+,8-4+. The highest BCUT2D eigenvalue weighted by Gasteiger charge is 2.52. The number of phenols is 12. The summed E-state index contributed by atoms with van der Waals surface area (Å²) >= 11 is 0. The fraction of sp³-hybridized carbons (Fsp3) is 0.240. The van der Waals surface area contributed by atoms with Crippen LogP contribution in [0.15, 0.2) is 146 Å². The summed E-state index contributed by atoms with van der Waals surface area (Å²) in [6, 6.07) is 23.0. The molecule has 3 aliphatic rings. The maximum atomic E-state index is 12.4. The number of hydrogen-bond acceptors (Lipinski definition) is 37. The SMILES string of the molecule is O=COC1(O)CC(O)C(OOC(=O)/C=C/c2ccc(O)c(O)c2)C(OC(=O)/C=C/c2ccc(O)c(O)c2)C1.O=COC1(O)CC(OC(=O)/C=C/c2ccc(O)c(O)c2)C(O)C(OC(=O)/C=C/c2ccc(O)c(O)c2)C1.O=COC1(O)CCC(OC(=O)/C=C/c2ccc(O)c(O)c2)C(OOC(=O)/C=C/c2ccc(O)c(O)c2)C1. The van der Waals surface area contributed by atoms with Crippen molar-refractivity contribution in [2.45, 2.75) is 111 Å². The van der Waals surface area contributed by atoms with Crippen LogP contribution in [0.4, 0.5) is 0 Å². The van der Waals surface area contributed by atoms with E-state index in [2.05, 4.69) is 9.62 Å². The second-order valence-electron chi connectivity index (χ2n) is 24.5. The molecule has 594 valence electrons. The van der Waals surface area contributed by atoms with Gasteiger partial charge in [0.05, 0.1) is 25.4 Å². The van der Waals surface area contributed by atoms with Crippen LogP contribution in [0, 0.1) is 0 Å². The Bertz CT molecular complexity index is 4470. The molecule has 0 spiro atoms. The number of hydrogen-bond donors (Lipinski definition) is 17. The lowest BCUT2D eigenvalue weighted by atomic mass is 9.86. The molecule has 0 bridgehead atoms. The summed E-state index contributed by atoms with van der Waals surface area (Å²) in [4.78, 5) is 125. The van der Waals surface area contributed by atoms with Gasteiger partial charge in [0.25, 0.3) is 19.4 Å². The van der Waals surface area contributed by atoms with Gasteiger partial charge in [-0.05, 0) is 149 Å². The topological polar surface area (TPSA) is 599 Å². The molecular formula is C75H72O37. The fourth-order valence-corrected chi connectivity index (χ4v) is 10.6. The van der Waals surface area contributed by atoms with Gasteiger partial charge in [-0.1, -0.05) is 36.4 Å². The van der Waals surface area contributed by atoms with E-state index in [1.807, 2.05) is 0 Å². The summed E-state index contributed by atoms with van der Waals surface area (Å²) in [5.41, 5.74) is 2.14. The molecular weight excluding hydrogens is 1490 g/mol. The van der Waals surface area contributed by atoms with Gasteiger partial charge in [-0.3, -0.25) is 24.2 Å². The van der Waals surface area contributed by atoms with Crippen LogP contribution in [0.2, 0.25) is 0 Å². The van der Waals surface area contributed by atoms with E-state index in [0.717, 1.165) is 36.5 Å².